The molecule has 0 saturated heterocycles. The van der Waals surface area contributed by atoms with Gasteiger partial charge in [0.1, 0.15) is 0 Å². The van der Waals surface area contributed by atoms with Gasteiger partial charge in [-0.2, -0.15) is 0 Å². The molecule has 0 nitrogen and oxygen atoms in total. The molecule has 0 bridgehead atoms. The van der Waals surface area contributed by atoms with E-state index in [0.717, 1.165) is 44.8 Å². The van der Waals surface area contributed by atoms with Crippen molar-refractivity contribution in [1.82, 2.24) is 0 Å². The molecular formula is BrITl2. The van der Waals surface area contributed by atoms with Crippen LogP contribution in [0.25, 0.3) is 0 Å². The fraction of sp³-hybridized carbons (Fsp3) is 0. The molecule has 0 spiro atoms. The van der Waals surface area contributed by atoms with Crippen molar-refractivity contribution in [2.75, 3.05) is 0 Å². The third-order valence-corrected chi connectivity index (χ3v) is 0. The van der Waals surface area contributed by atoms with Gasteiger partial charge in [0, 0.05) is 0 Å². The van der Waals surface area contributed by atoms with Crippen LogP contribution in [0.4, 0.5) is 0 Å². The predicted molar refractivity (Wildman–Crippen MR) is 34.5 cm³/mol. The molecule has 0 aliphatic heterocycles. The van der Waals surface area contributed by atoms with E-state index in [0.29, 0.717) is 0 Å². The molecular weight excluding hydrogens is 616 g/mol. The van der Waals surface area contributed by atoms with Crippen LogP contribution in [0.5, 0.6) is 0 Å². The van der Waals surface area contributed by atoms with E-state index >= 15 is 0 Å². The minimum absolute atomic E-state index is 0.979. The van der Waals surface area contributed by atoms with Crippen molar-refractivity contribution < 1.29 is 0 Å². The Bertz CT molecular complexity index is 6.00. The Kier molecular flexibility index (Phi) is 42.0. The summed E-state index contributed by atoms with van der Waals surface area (Å²) in [6, 6.07) is 0. The molecule has 0 aromatic rings. The van der Waals surface area contributed by atoms with Crippen molar-refractivity contribution in [3.05, 3.63) is 0 Å². The van der Waals surface area contributed by atoms with E-state index in [9.17, 15) is 0 Å². The van der Waals surface area contributed by atoms with Gasteiger partial charge in [-0.05, 0) is 0 Å². The molecule has 0 N–H and O–H groups in total. The fourth-order valence-electron chi connectivity index (χ4n) is 0. The Labute approximate surface area is 72.6 Å². The number of hydrogen-bond acceptors (Lipinski definition) is 0. The molecule has 0 aromatic heterocycles. The van der Waals surface area contributed by atoms with Gasteiger partial charge in [-0.15, -0.1) is 0 Å². The van der Waals surface area contributed by atoms with E-state index in [1.807, 2.05) is 0 Å². The van der Waals surface area contributed by atoms with E-state index in [-0.39, 0.29) is 0 Å². The molecule has 0 radical (unpaired) electrons. The van der Waals surface area contributed by atoms with Gasteiger partial charge in [0.2, 0.25) is 0 Å². The Morgan fingerprint density at radius 2 is 1.25 bits per heavy atom. The summed E-state index contributed by atoms with van der Waals surface area (Å²) in [5.41, 5.74) is 0. The van der Waals surface area contributed by atoms with Crippen molar-refractivity contribution in [3.63, 3.8) is 0 Å². The van der Waals surface area contributed by atoms with Crippen LogP contribution in [-0.2, 0) is 0 Å². The van der Waals surface area contributed by atoms with Gasteiger partial charge in [-0.25, -0.2) is 0 Å². The molecule has 0 unspecified atom stereocenters. The van der Waals surface area contributed by atoms with Gasteiger partial charge in [-0.3, -0.25) is 0 Å². The number of rotatable bonds is 0. The zero-order valence-electron chi connectivity index (χ0n) is 1.91. The first-order chi connectivity index (χ1) is 2.00. The van der Waals surface area contributed by atoms with Crippen LogP contribution in [-0.4, -0.2) is 44.8 Å². The Morgan fingerprint density at radius 3 is 1.25 bits per heavy atom. The van der Waals surface area contributed by atoms with Crippen LogP contribution in [0.3, 0.4) is 0 Å². The summed E-state index contributed by atoms with van der Waals surface area (Å²) >= 11 is 7.54. The molecule has 0 aliphatic rings. The zero-order chi connectivity index (χ0) is 4.00. The first-order valence-corrected chi connectivity index (χ1v) is 22.8. The van der Waals surface area contributed by atoms with Gasteiger partial charge >= 0.3 is 74.6 Å². The second-order valence-electron chi connectivity index (χ2n) is 0. The van der Waals surface area contributed by atoms with E-state index in [1.165, 1.54) is 0 Å². The second kappa shape index (κ2) is 16.6. The maximum atomic E-state index is 3.10. The summed E-state index contributed by atoms with van der Waals surface area (Å²) in [5, 5.41) is 0. The Morgan fingerprint density at radius 1 is 1.25 bits per heavy atom. The number of halogens is 2. The van der Waals surface area contributed by atoms with Gasteiger partial charge in [0.25, 0.3) is 0 Å². The second-order valence-corrected chi connectivity index (χ2v) is 0. The van der Waals surface area contributed by atoms with E-state index in [2.05, 4.69) is 29.7 Å². The quantitative estimate of drug-likeness (QED) is 0.282. The van der Waals surface area contributed by atoms with E-state index in [1.54, 1.807) is 0 Å². The third kappa shape index (κ3) is 8.91. The van der Waals surface area contributed by atoms with Crippen molar-refractivity contribution in [3.8, 4) is 0 Å². The molecule has 0 fully saturated rings. The molecule has 4 heavy (non-hydrogen) atoms. The standard InChI is InChI=1S/BrH.HI.2Tl/h2*1H;;/q;;2*+1/p-2. The van der Waals surface area contributed by atoms with Crippen LogP contribution in [0.1, 0.15) is 0 Å². The van der Waals surface area contributed by atoms with Gasteiger partial charge in [-0.1, -0.05) is 0 Å². The normalized spacial score (nSPS) is 2.00. The van der Waals surface area contributed by atoms with Gasteiger partial charge in [0.05, 0.1) is 0 Å². The minimum atomic E-state index is 0.979. The molecule has 0 heterocycles. The molecule has 4 heteroatoms. The summed E-state index contributed by atoms with van der Waals surface area (Å²) in [6.07, 6.45) is 0. The van der Waals surface area contributed by atoms with Crippen LogP contribution < -0.4 is 0 Å². The topological polar surface area (TPSA) is 0 Å². The van der Waals surface area contributed by atoms with Crippen molar-refractivity contribution in [2.45, 2.75) is 0 Å². The third-order valence-electron chi connectivity index (χ3n) is 0. The predicted octanol–water partition coefficient (Wildman–Crippen LogP) is 0.970. The van der Waals surface area contributed by atoms with Crippen LogP contribution >= 0.6 is 29.7 Å². The summed E-state index contributed by atoms with van der Waals surface area (Å²) in [7, 11) is 0. The number of hydrogen-bond donors (Lipinski definition) is 0. The van der Waals surface area contributed by atoms with E-state index < -0.39 is 0 Å². The fourth-order valence-corrected chi connectivity index (χ4v) is 0. The Hall–Kier alpha value is 3.05. The Balaban J connectivity index is 0. The summed E-state index contributed by atoms with van der Waals surface area (Å²) < 4.78 is 0. The molecule has 20 valence electrons. The summed E-state index contributed by atoms with van der Waals surface area (Å²) in [5.74, 6) is 0. The summed E-state index contributed by atoms with van der Waals surface area (Å²) in [4.78, 5) is 0. The average Bonchev–Trinajstić information content (AvgIpc) is 1.50. The summed E-state index contributed by atoms with van der Waals surface area (Å²) in [6.45, 7) is 0. The van der Waals surface area contributed by atoms with Gasteiger partial charge < -0.3 is 0 Å². The molecule has 0 aliphatic carbocycles. The van der Waals surface area contributed by atoms with Gasteiger partial charge in [0.15, 0.2) is 0 Å². The van der Waals surface area contributed by atoms with Crippen LogP contribution in [0, 0.1) is 0 Å². The molecule has 0 rings (SSSR count). The molecule has 0 aromatic carbocycles. The van der Waals surface area contributed by atoms with Crippen molar-refractivity contribution in [2.24, 2.45) is 0 Å². The first kappa shape index (κ1) is 10.1. The maximum absolute atomic E-state index is 3.10. The molecule has 0 atom stereocenters. The van der Waals surface area contributed by atoms with Crippen LogP contribution in [0.2, 0.25) is 0 Å². The first-order valence-electron chi connectivity index (χ1n) is 0.436. The van der Waals surface area contributed by atoms with Crippen molar-refractivity contribution in [1.29, 1.82) is 0 Å². The van der Waals surface area contributed by atoms with E-state index in [4.69, 9.17) is 0 Å². The average molecular weight is 616 g/mol. The van der Waals surface area contributed by atoms with Crippen molar-refractivity contribution >= 4 is 74.6 Å². The molecule has 0 amide bonds. The van der Waals surface area contributed by atoms with Crippen LogP contribution in [0.15, 0.2) is 0 Å². The zero-order valence-corrected chi connectivity index (χ0v) is 14.6. The SMILES string of the molecule is [Br][Tl].[I][Tl]. The monoisotopic (exact) mass is 616 g/mol. The molecule has 0 saturated carbocycles.